The first-order valence-corrected chi connectivity index (χ1v) is 9.10. The summed E-state index contributed by atoms with van der Waals surface area (Å²) in [6, 6.07) is 1.74. The average Bonchev–Trinajstić information content (AvgIpc) is 2.93. The van der Waals surface area contributed by atoms with Gasteiger partial charge in [0.05, 0.1) is 18.2 Å². The van der Waals surface area contributed by atoms with Crippen LogP contribution in [0.3, 0.4) is 0 Å². The Morgan fingerprint density at radius 3 is 2.74 bits per heavy atom. The maximum absolute atomic E-state index is 12.9. The molecule has 0 aliphatic rings. The van der Waals surface area contributed by atoms with Gasteiger partial charge in [-0.25, -0.2) is 20.9 Å². The lowest BCUT2D eigenvalue weighted by Gasteiger charge is -2.24. The number of hydrogen-bond acceptors (Lipinski definition) is 6. The molecule has 2 heterocycles. The number of unbranched alkanes of at least 4 members (excludes halogenated alkanes) is 2. The fraction of sp³-hybridized carbons (Fsp3) is 0.556. The Bertz CT molecular complexity index is 819. The van der Waals surface area contributed by atoms with E-state index in [9.17, 15) is 14.8 Å². The monoisotopic (exact) mass is 376 g/mol. The number of fused-ring (bicyclic) bond motifs is 1. The van der Waals surface area contributed by atoms with Crippen LogP contribution in [0.4, 0.5) is 5.82 Å². The standard InChI is InChI=1S/C18H28N6O3/c1-5-6-7-8-14(10-23(27)11-25)18(26)24(19)15-9-12(2)16-13(3)21-22(4)17(16)20-15/h9,11,14,27H,5-8,10,19H2,1-4H3/t14-/m1/s1. The molecule has 0 aliphatic carbocycles. The van der Waals surface area contributed by atoms with E-state index in [1.165, 1.54) is 0 Å². The smallest absolute Gasteiger partial charge is 0.247 e. The Labute approximate surface area is 158 Å². The van der Waals surface area contributed by atoms with E-state index in [0.29, 0.717) is 22.9 Å². The van der Waals surface area contributed by atoms with E-state index in [0.717, 1.165) is 40.9 Å². The first kappa shape index (κ1) is 20.8. The predicted molar refractivity (Wildman–Crippen MR) is 102 cm³/mol. The number of hydrazine groups is 1. The topological polar surface area (TPSA) is 118 Å². The van der Waals surface area contributed by atoms with Gasteiger partial charge < -0.3 is 0 Å². The van der Waals surface area contributed by atoms with E-state index in [4.69, 9.17) is 5.84 Å². The molecule has 0 aliphatic heterocycles. The summed E-state index contributed by atoms with van der Waals surface area (Å²) in [6.07, 6.45) is 3.57. The van der Waals surface area contributed by atoms with Gasteiger partial charge in [0.15, 0.2) is 11.5 Å². The van der Waals surface area contributed by atoms with E-state index in [2.05, 4.69) is 17.0 Å². The molecule has 9 nitrogen and oxygen atoms in total. The number of carbonyl (C=O) groups excluding carboxylic acids is 2. The molecule has 0 fully saturated rings. The molecule has 0 spiro atoms. The lowest BCUT2D eigenvalue weighted by Crippen LogP contribution is -2.45. The summed E-state index contributed by atoms with van der Waals surface area (Å²) in [4.78, 5) is 28.2. The summed E-state index contributed by atoms with van der Waals surface area (Å²) in [6.45, 7) is 5.78. The molecular weight excluding hydrogens is 348 g/mol. The van der Waals surface area contributed by atoms with Gasteiger partial charge in [-0.3, -0.25) is 19.5 Å². The third kappa shape index (κ3) is 4.61. The van der Waals surface area contributed by atoms with E-state index in [-0.39, 0.29) is 13.0 Å². The quantitative estimate of drug-likeness (QED) is 0.172. The van der Waals surface area contributed by atoms with Gasteiger partial charge in [0.1, 0.15) is 0 Å². The highest BCUT2D eigenvalue weighted by Crippen LogP contribution is 2.25. The number of aryl methyl sites for hydroxylation is 3. The van der Waals surface area contributed by atoms with Crippen LogP contribution in [-0.4, -0.2) is 43.9 Å². The van der Waals surface area contributed by atoms with Gasteiger partial charge in [0.2, 0.25) is 12.3 Å². The SMILES string of the molecule is CCCCC[C@H](CN(O)C=O)C(=O)N(N)c1cc(C)c2c(C)nn(C)c2n1. The van der Waals surface area contributed by atoms with Gasteiger partial charge >= 0.3 is 0 Å². The van der Waals surface area contributed by atoms with Crippen LogP contribution < -0.4 is 10.9 Å². The number of hydrogen-bond donors (Lipinski definition) is 2. The van der Waals surface area contributed by atoms with Crippen LogP contribution in [0.25, 0.3) is 11.0 Å². The number of anilines is 1. The van der Waals surface area contributed by atoms with Crippen molar-refractivity contribution in [1.82, 2.24) is 19.8 Å². The zero-order valence-corrected chi connectivity index (χ0v) is 16.3. The second-order valence-electron chi connectivity index (χ2n) is 6.83. The molecule has 2 aromatic rings. The molecule has 2 rings (SSSR count). The molecule has 2 amide bonds. The number of carbonyl (C=O) groups is 2. The fourth-order valence-electron chi connectivity index (χ4n) is 3.28. The van der Waals surface area contributed by atoms with E-state index < -0.39 is 11.8 Å². The molecular formula is C18H28N6O3. The summed E-state index contributed by atoms with van der Waals surface area (Å²) < 4.78 is 1.65. The maximum Gasteiger partial charge on any atom is 0.247 e. The van der Waals surface area contributed by atoms with Gasteiger partial charge in [-0.1, -0.05) is 26.2 Å². The maximum atomic E-state index is 12.9. The Morgan fingerprint density at radius 2 is 2.11 bits per heavy atom. The molecule has 1 atom stereocenters. The van der Waals surface area contributed by atoms with E-state index >= 15 is 0 Å². The molecule has 27 heavy (non-hydrogen) atoms. The zero-order valence-electron chi connectivity index (χ0n) is 16.3. The minimum Gasteiger partial charge on any atom is -0.286 e. The van der Waals surface area contributed by atoms with Crippen LogP contribution in [-0.2, 0) is 16.6 Å². The molecule has 148 valence electrons. The number of pyridine rings is 1. The number of rotatable bonds is 9. The molecule has 0 saturated carbocycles. The van der Waals surface area contributed by atoms with Gasteiger partial charge in [-0.2, -0.15) is 5.10 Å². The van der Waals surface area contributed by atoms with Crippen LogP contribution in [0, 0.1) is 19.8 Å². The number of nitrogens with zero attached hydrogens (tertiary/aromatic N) is 5. The summed E-state index contributed by atoms with van der Waals surface area (Å²) in [5.74, 6) is 5.39. The lowest BCUT2D eigenvalue weighted by atomic mass is 9.99. The Kier molecular flexibility index (Phi) is 6.86. The Morgan fingerprint density at radius 1 is 1.41 bits per heavy atom. The van der Waals surface area contributed by atoms with Crippen molar-refractivity contribution < 1.29 is 14.8 Å². The van der Waals surface area contributed by atoms with Crippen molar-refractivity contribution in [2.75, 3.05) is 11.6 Å². The summed E-state index contributed by atoms with van der Waals surface area (Å²) in [5.41, 5.74) is 2.42. The second-order valence-corrected chi connectivity index (χ2v) is 6.83. The van der Waals surface area contributed by atoms with Crippen molar-refractivity contribution in [3.63, 3.8) is 0 Å². The molecule has 0 saturated heterocycles. The van der Waals surface area contributed by atoms with Crippen LogP contribution in [0.1, 0.15) is 43.9 Å². The number of amides is 2. The first-order valence-electron chi connectivity index (χ1n) is 9.10. The van der Waals surface area contributed by atoms with E-state index in [1.807, 2.05) is 13.8 Å². The molecule has 3 N–H and O–H groups in total. The van der Waals surface area contributed by atoms with Crippen LogP contribution in [0.5, 0.6) is 0 Å². The Hall–Kier alpha value is -2.52. The Balaban J connectivity index is 2.30. The van der Waals surface area contributed by atoms with Crippen LogP contribution in [0.15, 0.2) is 6.07 Å². The molecule has 0 aromatic carbocycles. The molecule has 2 aromatic heterocycles. The summed E-state index contributed by atoms with van der Waals surface area (Å²) >= 11 is 0. The number of aromatic nitrogens is 3. The summed E-state index contributed by atoms with van der Waals surface area (Å²) in [7, 11) is 1.79. The molecule has 0 radical (unpaired) electrons. The minimum atomic E-state index is -0.608. The predicted octanol–water partition coefficient (Wildman–Crippen LogP) is 1.84. The average molecular weight is 376 g/mol. The number of nitrogens with two attached hydrogens (primary N) is 1. The zero-order chi connectivity index (χ0) is 20.1. The third-order valence-corrected chi connectivity index (χ3v) is 4.67. The van der Waals surface area contributed by atoms with Crippen molar-refractivity contribution >= 4 is 29.2 Å². The molecule has 0 unspecified atom stereocenters. The van der Waals surface area contributed by atoms with Crippen molar-refractivity contribution in [3.8, 4) is 0 Å². The lowest BCUT2D eigenvalue weighted by molar-refractivity contribution is -0.154. The van der Waals surface area contributed by atoms with Crippen molar-refractivity contribution in [2.45, 2.75) is 46.5 Å². The van der Waals surface area contributed by atoms with Gasteiger partial charge in [0, 0.05) is 12.4 Å². The largest absolute Gasteiger partial charge is 0.286 e. The second kappa shape index (κ2) is 8.92. The third-order valence-electron chi connectivity index (χ3n) is 4.67. The highest BCUT2D eigenvalue weighted by Gasteiger charge is 2.27. The fourth-order valence-corrected chi connectivity index (χ4v) is 3.28. The minimum absolute atomic E-state index is 0.105. The van der Waals surface area contributed by atoms with Crippen molar-refractivity contribution in [1.29, 1.82) is 0 Å². The van der Waals surface area contributed by atoms with Crippen molar-refractivity contribution in [3.05, 3.63) is 17.3 Å². The van der Waals surface area contributed by atoms with Crippen LogP contribution in [0.2, 0.25) is 0 Å². The van der Waals surface area contributed by atoms with Gasteiger partial charge in [0.25, 0.3) is 0 Å². The van der Waals surface area contributed by atoms with Gasteiger partial charge in [-0.15, -0.1) is 0 Å². The number of hydroxylamine groups is 2. The normalized spacial score (nSPS) is 12.2. The summed E-state index contributed by atoms with van der Waals surface area (Å²) in [5, 5.41) is 16.3. The van der Waals surface area contributed by atoms with Gasteiger partial charge in [-0.05, 0) is 31.9 Å². The first-order chi connectivity index (χ1) is 12.8. The molecule has 9 heteroatoms. The van der Waals surface area contributed by atoms with Crippen molar-refractivity contribution in [2.24, 2.45) is 18.8 Å². The molecule has 0 bridgehead atoms. The van der Waals surface area contributed by atoms with E-state index in [1.54, 1.807) is 17.8 Å². The highest BCUT2D eigenvalue weighted by atomic mass is 16.5. The van der Waals surface area contributed by atoms with Crippen LogP contribution >= 0.6 is 0 Å². The highest BCUT2D eigenvalue weighted by molar-refractivity contribution is 5.95.